The molecule has 84 valence electrons. The van der Waals surface area contributed by atoms with E-state index in [0.29, 0.717) is 0 Å². The minimum absolute atomic E-state index is 0.162. The van der Waals surface area contributed by atoms with Gasteiger partial charge in [-0.3, -0.25) is 4.79 Å². The molecule has 0 bridgehead atoms. The van der Waals surface area contributed by atoms with E-state index in [1.54, 1.807) is 23.1 Å². The van der Waals surface area contributed by atoms with Gasteiger partial charge in [0.15, 0.2) is 0 Å². The van der Waals surface area contributed by atoms with Crippen LogP contribution >= 0.6 is 23.1 Å². The maximum absolute atomic E-state index is 12.3. The van der Waals surface area contributed by atoms with Crippen LogP contribution in [-0.4, -0.2) is 16.7 Å². The minimum Gasteiger partial charge on any atom is -0.317 e. The first-order chi connectivity index (χ1) is 8.36. The molecule has 4 rings (SSSR count). The van der Waals surface area contributed by atoms with E-state index in [4.69, 9.17) is 0 Å². The zero-order valence-corrected chi connectivity index (χ0v) is 10.6. The maximum atomic E-state index is 12.3. The Hall–Kier alpha value is -1.26. The van der Waals surface area contributed by atoms with Crippen LogP contribution in [0, 0.1) is 0 Å². The molecule has 2 nitrogen and oxygen atoms in total. The van der Waals surface area contributed by atoms with Gasteiger partial charge in [-0.2, -0.15) is 0 Å². The second-order valence-corrected chi connectivity index (χ2v) is 6.12. The van der Waals surface area contributed by atoms with Crippen molar-refractivity contribution in [3.63, 3.8) is 0 Å². The largest absolute Gasteiger partial charge is 0.317 e. The third kappa shape index (κ3) is 1.20. The van der Waals surface area contributed by atoms with Gasteiger partial charge in [-0.05, 0) is 23.1 Å². The summed E-state index contributed by atoms with van der Waals surface area (Å²) < 4.78 is 0. The Balaban J connectivity index is 1.98. The highest BCUT2D eigenvalue weighted by molar-refractivity contribution is 7.99. The molecule has 1 atom stereocenters. The number of fused-ring (bicyclic) bond motifs is 5. The van der Waals surface area contributed by atoms with Crippen LogP contribution in [0.3, 0.4) is 0 Å². The molecule has 4 heteroatoms. The van der Waals surface area contributed by atoms with Gasteiger partial charge in [0.2, 0.25) is 0 Å². The van der Waals surface area contributed by atoms with Gasteiger partial charge in [0.1, 0.15) is 0 Å². The van der Waals surface area contributed by atoms with Crippen molar-refractivity contribution >= 4 is 29.0 Å². The highest BCUT2D eigenvalue weighted by Gasteiger charge is 2.41. The number of benzene rings is 1. The lowest BCUT2D eigenvalue weighted by molar-refractivity contribution is 0.0781. The number of hydrogen-bond acceptors (Lipinski definition) is 3. The molecule has 1 amide bonds. The molecular formula is C13H9NOS2. The lowest BCUT2D eigenvalue weighted by atomic mass is 10.0. The average molecular weight is 259 g/mol. The van der Waals surface area contributed by atoms with E-state index in [1.165, 1.54) is 15.3 Å². The predicted octanol–water partition coefficient (Wildman–Crippen LogP) is 3.36. The fourth-order valence-corrected chi connectivity index (χ4v) is 4.84. The van der Waals surface area contributed by atoms with Crippen LogP contribution < -0.4 is 0 Å². The van der Waals surface area contributed by atoms with Gasteiger partial charge in [0.25, 0.3) is 5.91 Å². The van der Waals surface area contributed by atoms with Crippen LogP contribution in [0.4, 0.5) is 0 Å². The summed E-state index contributed by atoms with van der Waals surface area (Å²) in [7, 11) is 0. The van der Waals surface area contributed by atoms with Crippen LogP contribution in [0.5, 0.6) is 0 Å². The lowest BCUT2D eigenvalue weighted by Crippen LogP contribution is -2.30. The summed E-state index contributed by atoms with van der Waals surface area (Å²) in [5.41, 5.74) is 2.04. The van der Waals surface area contributed by atoms with E-state index in [0.717, 1.165) is 11.4 Å². The summed E-state index contributed by atoms with van der Waals surface area (Å²) in [6.45, 7) is 0. The van der Waals surface area contributed by atoms with Crippen LogP contribution in [0.2, 0.25) is 0 Å². The first-order valence-electron chi connectivity index (χ1n) is 5.46. The normalized spacial score (nSPS) is 21.1. The van der Waals surface area contributed by atoms with Crippen LogP contribution in [-0.2, 0) is 0 Å². The molecule has 2 aliphatic heterocycles. The number of amides is 1. The monoisotopic (exact) mass is 259 g/mol. The van der Waals surface area contributed by atoms with Gasteiger partial charge < -0.3 is 4.90 Å². The molecular weight excluding hydrogens is 250 g/mol. The van der Waals surface area contributed by atoms with Gasteiger partial charge >= 0.3 is 0 Å². The first-order valence-corrected chi connectivity index (χ1v) is 7.33. The smallest absolute Gasteiger partial charge is 0.255 e. The van der Waals surface area contributed by atoms with E-state index in [-0.39, 0.29) is 11.9 Å². The van der Waals surface area contributed by atoms with E-state index < -0.39 is 0 Å². The number of rotatable bonds is 0. The molecule has 0 radical (unpaired) electrons. The van der Waals surface area contributed by atoms with Crippen LogP contribution in [0.1, 0.15) is 26.8 Å². The van der Waals surface area contributed by atoms with Crippen molar-refractivity contribution in [2.24, 2.45) is 0 Å². The van der Waals surface area contributed by atoms with E-state index >= 15 is 0 Å². The molecule has 1 unspecified atom stereocenters. The highest BCUT2D eigenvalue weighted by atomic mass is 32.2. The Morgan fingerprint density at radius 3 is 3.06 bits per heavy atom. The standard InChI is InChI=1S/C13H9NOS2/c15-13-9-4-2-1-3-8(9)11-12-10(5-6-16-12)17-7-14(11)13/h1-6,11H,7H2. The summed E-state index contributed by atoms with van der Waals surface area (Å²) in [6.07, 6.45) is 0. The van der Waals surface area contributed by atoms with E-state index in [9.17, 15) is 4.79 Å². The van der Waals surface area contributed by atoms with E-state index in [2.05, 4.69) is 17.5 Å². The van der Waals surface area contributed by atoms with Crippen molar-refractivity contribution in [2.75, 3.05) is 5.88 Å². The number of hydrogen-bond donors (Lipinski definition) is 0. The van der Waals surface area contributed by atoms with Crippen LogP contribution in [0.15, 0.2) is 40.6 Å². The molecule has 0 fully saturated rings. The topological polar surface area (TPSA) is 20.3 Å². The van der Waals surface area contributed by atoms with Crippen molar-refractivity contribution in [3.05, 3.63) is 51.7 Å². The number of thiophene rings is 1. The molecule has 1 aromatic carbocycles. The Bertz CT molecular complexity index is 619. The number of thioether (sulfide) groups is 1. The predicted molar refractivity (Wildman–Crippen MR) is 69.5 cm³/mol. The Morgan fingerprint density at radius 2 is 2.12 bits per heavy atom. The Labute approximate surface area is 107 Å². The quantitative estimate of drug-likeness (QED) is 0.723. The molecule has 2 aromatic rings. The molecule has 0 spiro atoms. The van der Waals surface area contributed by atoms with Gasteiger partial charge in [0, 0.05) is 15.3 Å². The average Bonchev–Trinajstić information content (AvgIpc) is 2.93. The summed E-state index contributed by atoms with van der Waals surface area (Å²) >= 11 is 3.51. The Morgan fingerprint density at radius 1 is 1.24 bits per heavy atom. The Kier molecular flexibility index (Phi) is 1.93. The first kappa shape index (κ1) is 9.74. The molecule has 3 heterocycles. The maximum Gasteiger partial charge on any atom is 0.255 e. The van der Waals surface area contributed by atoms with E-state index in [1.807, 2.05) is 23.1 Å². The third-order valence-corrected chi connectivity index (χ3v) is 5.50. The van der Waals surface area contributed by atoms with Gasteiger partial charge in [0.05, 0.1) is 11.9 Å². The van der Waals surface area contributed by atoms with Crippen LogP contribution in [0.25, 0.3) is 0 Å². The summed E-state index contributed by atoms with van der Waals surface area (Å²) in [6, 6.07) is 10.3. The minimum atomic E-state index is 0.162. The summed E-state index contributed by atoms with van der Waals surface area (Å²) in [4.78, 5) is 16.9. The molecule has 0 N–H and O–H groups in total. The second-order valence-electron chi connectivity index (χ2n) is 4.19. The molecule has 0 saturated heterocycles. The molecule has 2 aliphatic rings. The van der Waals surface area contributed by atoms with Gasteiger partial charge in [-0.15, -0.1) is 23.1 Å². The van der Waals surface area contributed by atoms with Crippen molar-refractivity contribution in [1.82, 2.24) is 4.90 Å². The SMILES string of the molecule is O=C1c2ccccc2C2c3sccc3SCN12. The van der Waals surface area contributed by atoms with Gasteiger partial charge in [-0.25, -0.2) is 0 Å². The molecule has 1 aromatic heterocycles. The van der Waals surface area contributed by atoms with Crippen molar-refractivity contribution in [1.29, 1.82) is 0 Å². The number of nitrogens with zero attached hydrogens (tertiary/aromatic N) is 1. The van der Waals surface area contributed by atoms with Gasteiger partial charge in [-0.1, -0.05) is 18.2 Å². The van der Waals surface area contributed by atoms with Crippen molar-refractivity contribution < 1.29 is 4.79 Å². The fourth-order valence-electron chi connectivity index (χ4n) is 2.55. The molecule has 0 saturated carbocycles. The molecule has 0 aliphatic carbocycles. The lowest BCUT2D eigenvalue weighted by Gasteiger charge is -2.29. The van der Waals surface area contributed by atoms with Crippen molar-refractivity contribution in [2.45, 2.75) is 10.9 Å². The number of carbonyl (C=O) groups is 1. The molecule has 17 heavy (non-hydrogen) atoms. The van der Waals surface area contributed by atoms with Crippen molar-refractivity contribution in [3.8, 4) is 0 Å². The number of carbonyl (C=O) groups excluding carboxylic acids is 1. The summed E-state index contributed by atoms with van der Waals surface area (Å²) in [5, 5.41) is 2.12. The highest BCUT2D eigenvalue weighted by Crippen LogP contribution is 2.48. The zero-order chi connectivity index (χ0) is 11.4. The third-order valence-electron chi connectivity index (χ3n) is 3.32. The fraction of sp³-hybridized carbons (Fsp3) is 0.154. The second kappa shape index (κ2) is 3.37. The summed E-state index contributed by atoms with van der Waals surface area (Å²) in [5.74, 6) is 0.944. The zero-order valence-electron chi connectivity index (χ0n) is 8.92.